The smallest absolute Gasteiger partial charge is 0.262 e. The summed E-state index contributed by atoms with van der Waals surface area (Å²) in [5.74, 6) is 0.822. The van der Waals surface area contributed by atoms with Crippen LogP contribution in [0, 0.1) is 5.41 Å². The van der Waals surface area contributed by atoms with E-state index in [1.165, 1.54) is 27.5 Å². The third-order valence-electron chi connectivity index (χ3n) is 8.19. The summed E-state index contributed by atoms with van der Waals surface area (Å²) in [7, 11) is 1.59. The second-order valence-corrected chi connectivity index (χ2v) is 16.3. The van der Waals surface area contributed by atoms with Gasteiger partial charge in [-0.25, -0.2) is 19.9 Å². The summed E-state index contributed by atoms with van der Waals surface area (Å²) in [6.45, 7) is 8.46. The molecule has 1 fully saturated rings. The normalized spacial score (nSPS) is 18.8. The van der Waals surface area contributed by atoms with Crippen LogP contribution >= 0.6 is 34.7 Å². The Bertz CT molecular complexity index is 1670. The number of thiazole rings is 1. The standard InChI is InChI=1S/C29H34ClN7O3S3/c1-28(2,3)43(39)35-26-25-19(34-17-41-25)13-29(26)7-9-36(10-8-29)21-14-32-22(15-31-21)42-20-6-5-18-23(24(20)30)27(38)37(16-33-18)11-12-40-4/h5-6,14-17,26,35H,7-13H2,1-4H3/t26-,43+/m1/s1. The van der Waals surface area contributed by atoms with E-state index in [0.717, 1.165) is 43.9 Å². The Labute approximate surface area is 267 Å². The van der Waals surface area contributed by atoms with E-state index in [1.807, 2.05) is 32.3 Å². The van der Waals surface area contributed by atoms with Gasteiger partial charge in [0.1, 0.15) is 15.6 Å². The zero-order valence-electron chi connectivity index (χ0n) is 24.5. The zero-order valence-corrected chi connectivity index (χ0v) is 27.7. The van der Waals surface area contributed by atoms with Crippen molar-refractivity contribution in [3.05, 3.63) is 62.3 Å². The van der Waals surface area contributed by atoms with Gasteiger partial charge in [-0.2, -0.15) is 0 Å². The predicted octanol–water partition coefficient (Wildman–Crippen LogP) is 5.03. The highest BCUT2D eigenvalue weighted by Gasteiger charge is 2.52. The molecule has 2 atom stereocenters. The van der Waals surface area contributed by atoms with E-state index in [9.17, 15) is 9.35 Å². The van der Waals surface area contributed by atoms with Crippen LogP contribution in [0.15, 0.2) is 51.1 Å². The number of hydrogen-bond donors (Lipinski definition) is 1. The molecule has 6 rings (SSSR count). The second kappa shape index (κ2) is 12.3. The van der Waals surface area contributed by atoms with E-state index in [4.69, 9.17) is 21.3 Å². The molecule has 0 saturated carbocycles. The summed E-state index contributed by atoms with van der Waals surface area (Å²) in [6.07, 6.45) is 7.85. The van der Waals surface area contributed by atoms with Gasteiger partial charge < -0.3 is 14.2 Å². The molecule has 1 aliphatic carbocycles. The molecule has 0 amide bonds. The van der Waals surface area contributed by atoms with Gasteiger partial charge in [0.2, 0.25) is 0 Å². The topological polar surface area (TPSA) is 121 Å². The van der Waals surface area contributed by atoms with E-state index in [0.29, 0.717) is 39.0 Å². The number of ether oxygens (including phenoxy) is 1. The summed E-state index contributed by atoms with van der Waals surface area (Å²) in [6, 6.07) is 3.69. The molecular formula is C29H34ClN7O3S3. The van der Waals surface area contributed by atoms with Crippen LogP contribution in [0.25, 0.3) is 10.9 Å². The monoisotopic (exact) mass is 659 g/mol. The fourth-order valence-corrected chi connectivity index (χ4v) is 8.85. The molecule has 14 heteroatoms. The van der Waals surface area contributed by atoms with Crippen molar-refractivity contribution in [1.82, 2.24) is 29.2 Å². The van der Waals surface area contributed by atoms with Gasteiger partial charge in [0, 0.05) is 46.7 Å². The summed E-state index contributed by atoms with van der Waals surface area (Å²) in [5.41, 5.74) is 3.37. The second-order valence-electron chi connectivity index (χ2n) is 11.9. The lowest BCUT2D eigenvalue weighted by Gasteiger charge is -2.43. The summed E-state index contributed by atoms with van der Waals surface area (Å²) < 4.78 is 22.9. The molecule has 1 saturated heterocycles. The van der Waals surface area contributed by atoms with Gasteiger partial charge in [0.25, 0.3) is 5.56 Å². The number of hydrogen-bond acceptors (Lipinski definition) is 11. The van der Waals surface area contributed by atoms with Crippen LogP contribution < -0.4 is 15.2 Å². The minimum absolute atomic E-state index is 0.0140. The van der Waals surface area contributed by atoms with Crippen molar-refractivity contribution in [3.63, 3.8) is 0 Å². The number of fused-ring (bicyclic) bond motifs is 2. The van der Waals surface area contributed by atoms with Crippen molar-refractivity contribution in [2.45, 2.75) is 67.3 Å². The first-order valence-corrected chi connectivity index (χ1v) is 17.3. The van der Waals surface area contributed by atoms with E-state index >= 15 is 0 Å². The Morgan fingerprint density at radius 3 is 2.70 bits per heavy atom. The fraction of sp³-hybridized carbons (Fsp3) is 0.483. The van der Waals surface area contributed by atoms with Gasteiger partial charge in [-0.1, -0.05) is 23.4 Å². The molecule has 1 spiro atoms. The molecule has 43 heavy (non-hydrogen) atoms. The lowest BCUT2D eigenvalue weighted by atomic mass is 9.74. The van der Waals surface area contributed by atoms with Crippen molar-refractivity contribution in [2.75, 3.05) is 31.7 Å². The molecule has 1 aliphatic heterocycles. The minimum atomic E-state index is -1.17. The summed E-state index contributed by atoms with van der Waals surface area (Å²) >= 11 is 8.58. The fourth-order valence-electron chi connectivity index (χ4n) is 5.72. The third-order valence-corrected chi connectivity index (χ3v) is 12.2. The van der Waals surface area contributed by atoms with Crippen molar-refractivity contribution < 1.29 is 9.29 Å². The lowest BCUT2D eigenvalue weighted by Crippen LogP contribution is -2.49. The molecule has 3 aromatic heterocycles. The summed E-state index contributed by atoms with van der Waals surface area (Å²) in [4.78, 5) is 35.7. The zero-order chi connectivity index (χ0) is 30.4. The molecule has 1 N–H and O–H groups in total. The van der Waals surface area contributed by atoms with Crippen molar-refractivity contribution in [3.8, 4) is 0 Å². The highest BCUT2D eigenvalue weighted by molar-refractivity contribution is 7.99. The minimum Gasteiger partial charge on any atom is -0.598 e. The number of piperidine rings is 1. The average molecular weight is 660 g/mol. The number of aromatic nitrogens is 5. The van der Waals surface area contributed by atoms with Crippen LogP contribution in [-0.4, -0.2) is 60.6 Å². The van der Waals surface area contributed by atoms with Crippen LogP contribution in [-0.2, 0) is 29.1 Å². The van der Waals surface area contributed by atoms with E-state index in [-0.39, 0.29) is 21.8 Å². The van der Waals surface area contributed by atoms with Crippen molar-refractivity contribution in [1.29, 1.82) is 0 Å². The lowest BCUT2D eigenvalue weighted by molar-refractivity contribution is 0.176. The summed E-state index contributed by atoms with van der Waals surface area (Å²) in [5, 5.41) is 1.42. The molecule has 1 aromatic carbocycles. The Hall–Kier alpha value is -2.26. The van der Waals surface area contributed by atoms with Gasteiger partial charge in [-0.05, 0) is 52.2 Å². The first kappa shape index (κ1) is 30.8. The van der Waals surface area contributed by atoms with E-state index in [2.05, 4.69) is 24.6 Å². The average Bonchev–Trinajstić information content (AvgIpc) is 3.54. The quantitative estimate of drug-likeness (QED) is 0.258. The molecule has 4 heterocycles. The maximum Gasteiger partial charge on any atom is 0.262 e. The molecule has 10 nitrogen and oxygen atoms in total. The number of halogens is 1. The number of nitrogens with zero attached hydrogens (tertiary/aromatic N) is 6. The molecule has 2 aliphatic rings. The first-order chi connectivity index (χ1) is 20.6. The van der Waals surface area contributed by atoms with Crippen LogP contribution in [0.1, 0.15) is 50.2 Å². The largest absolute Gasteiger partial charge is 0.598 e. The Kier molecular flexibility index (Phi) is 8.77. The van der Waals surface area contributed by atoms with Crippen LogP contribution in [0.2, 0.25) is 5.02 Å². The molecule has 0 bridgehead atoms. The van der Waals surface area contributed by atoms with Crippen LogP contribution in [0.5, 0.6) is 0 Å². The SMILES string of the molecule is COCCn1cnc2ccc(Sc3cnc(N4CCC5(CC4)Cc4ncsc4[C@H]5N[S@@+]([O-])C(C)(C)C)cn3)c(Cl)c2c1=O. The predicted molar refractivity (Wildman–Crippen MR) is 173 cm³/mol. The molecule has 0 unspecified atom stereocenters. The number of methoxy groups -OCH3 is 1. The van der Waals surface area contributed by atoms with E-state index in [1.54, 1.807) is 36.9 Å². The Morgan fingerprint density at radius 2 is 2.00 bits per heavy atom. The Morgan fingerprint density at radius 1 is 1.21 bits per heavy atom. The van der Waals surface area contributed by atoms with Crippen molar-refractivity contribution >= 4 is 62.8 Å². The van der Waals surface area contributed by atoms with Gasteiger partial charge in [-0.3, -0.25) is 9.36 Å². The van der Waals surface area contributed by atoms with E-state index < -0.39 is 11.4 Å². The molecule has 0 radical (unpaired) electrons. The van der Waals surface area contributed by atoms with Crippen LogP contribution in [0.3, 0.4) is 0 Å². The maximum atomic E-state index is 13.1. The van der Waals surface area contributed by atoms with Crippen LogP contribution in [0.4, 0.5) is 5.82 Å². The molecule has 4 aromatic rings. The first-order valence-electron chi connectivity index (χ1n) is 14.1. The van der Waals surface area contributed by atoms with Gasteiger partial charge in [-0.15, -0.1) is 16.1 Å². The Balaban J connectivity index is 1.15. The molecule has 228 valence electrons. The van der Waals surface area contributed by atoms with Gasteiger partial charge >= 0.3 is 0 Å². The third kappa shape index (κ3) is 6.05. The highest BCUT2D eigenvalue weighted by atomic mass is 35.5. The number of nitrogens with one attached hydrogen (secondary N) is 1. The molecular weight excluding hydrogens is 626 g/mol. The maximum absolute atomic E-state index is 13.1. The number of rotatable bonds is 8. The highest BCUT2D eigenvalue weighted by Crippen LogP contribution is 2.53. The number of benzene rings is 1. The van der Waals surface area contributed by atoms with Crippen molar-refractivity contribution in [2.24, 2.45) is 5.41 Å². The van der Waals surface area contributed by atoms with Gasteiger partial charge in [0.15, 0.2) is 0 Å². The number of anilines is 1. The van der Waals surface area contributed by atoms with Gasteiger partial charge in [0.05, 0.1) is 65.0 Å².